The fraction of sp³-hybridized carbons (Fsp3) is 0.0667. The number of carbonyl (C=O) groups is 1. The molecule has 0 unspecified atom stereocenters. The van der Waals surface area contributed by atoms with Gasteiger partial charge >= 0.3 is 0 Å². The van der Waals surface area contributed by atoms with Gasteiger partial charge in [0.15, 0.2) is 0 Å². The molecule has 0 radical (unpaired) electrons. The number of anilines is 1. The molecule has 0 heterocycles. The molecule has 0 bridgehead atoms. The van der Waals surface area contributed by atoms with Gasteiger partial charge in [-0.1, -0.05) is 42.5 Å². The molecule has 1 amide bonds. The third-order valence-electron chi connectivity index (χ3n) is 2.83. The molecule has 0 aliphatic rings. The number of hydrogen-bond donors (Lipinski definition) is 2. The van der Waals surface area contributed by atoms with Gasteiger partial charge in [0.1, 0.15) is 10.8 Å². The second-order valence-corrected chi connectivity index (χ2v) is 5.68. The summed E-state index contributed by atoms with van der Waals surface area (Å²) in [5.74, 6) is -0.787. The Morgan fingerprint density at radius 1 is 1.24 bits per heavy atom. The van der Waals surface area contributed by atoms with Crippen LogP contribution < -0.4 is 11.1 Å². The molecule has 6 heteroatoms. The van der Waals surface area contributed by atoms with Crippen molar-refractivity contribution in [3.63, 3.8) is 0 Å². The van der Waals surface area contributed by atoms with Crippen LogP contribution in [0.2, 0.25) is 0 Å². The minimum Gasteiger partial charge on any atom is -0.389 e. The van der Waals surface area contributed by atoms with Crippen molar-refractivity contribution in [2.45, 2.75) is 6.42 Å². The zero-order valence-electron chi connectivity index (χ0n) is 10.9. The maximum absolute atomic E-state index is 13.6. The average molecular weight is 367 g/mol. The largest absolute Gasteiger partial charge is 0.389 e. The van der Waals surface area contributed by atoms with Gasteiger partial charge in [-0.05, 0) is 33.6 Å². The maximum atomic E-state index is 13.6. The van der Waals surface area contributed by atoms with E-state index in [9.17, 15) is 9.18 Å². The van der Waals surface area contributed by atoms with E-state index in [1.807, 2.05) is 0 Å². The molecule has 0 fully saturated rings. The Hall–Kier alpha value is -1.79. The van der Waals surface area contributed by atoms with Crippen molar-refractivity contribution in [2.75, 3.05) is 5.32 Å². The van der Waals surface area contributed by atoms with Crippen molar-refractivity contribution < 1.29 is 9.18 Å². The first-order valence-electron chi connectivity index (χ1n) is 6.10. The molecular weight excluding hydrogens is 355 g/mol. The van der Waals surface area contributed by atoms with E-state index in [0.29, 0.717) is 9.46 Å². The van der Waals surface area contributed by atoms with Crippen LogP contribution in [0.1, 0.15) is 11.1 Å². The second kappa shape index (κ2) is 6.78. The molecule has 3 N–H and O–H groups in total. The zero-order valence-corrected chi connectivity index (χ0v) is 13.3. The summed E-state index contributed by atoms with van der Waals surface area (Å²) in [5, 5.41) is 2.55. The smallest absolute Gasteiger partial charge is 0.228 e. The van der Waals surface area contributed by atoms with Gasteiger partial charge in [-0.2, -0.15) is 0 Å². The van der Waals surface area contributed by atoms with Crippen LogP contribution in [0.4, 0.5) is 10.1 Å². The molecule has 0 atom stereocenters. The lowest BCUT2D eigenvalue weighted by Crippen LogP contribution is -2.16. The second-order valence-electron chi connectivity index (χ2n) is 4.38. The highest BCUT2D eigenvalue weighted by Crippen LogP contribution is 2.25. The number of nitrogens with one attached hydrogen (secondary N) is 1. The summed E-state index contributed by atoms with van der Waals surface area (Å²) in [6.45, 7) is 0. The number of rotatable bonds is 4. The minimum atomic E-state index is -0.485. The summed E-state index contributed by atoms with van der Waals surface area (Å²) in [6, 6.07) is 11.6. The Morgan fingerprint density at radius 2 is 1.90 bits per heavy atom. The zero-order chi connectivity index (χ0) is 15.4. The first-order chi connectivity index (χ1) is 9.97. The van der Waals surface area contributed by atoms with Crippen LogP contribution in [0.5, 0.6) is 0 Å². The standard InChI is InChI=1S/C15H12BrFN2OS/c16-11-2-1-3-12(17)14(11)19-13(20)8-9-4-6-10(7-5-9)15(18)21/h1-7H,8H2,(H2,18,21)(H,19,20). The van der Waals surface area contributed by atoms with Gasteiger partial charge in [0.2, 0.25) is 5.91 Å². The highest BCUT2D eigenvalue weighted by atomic mass is 79.9. The molecule has 2 aromatic carbocycles. The number of halogens is 2. The molecule has 0 aliphatic carbocycles. The summed E-state index contributed by atoms with van der Waals surface area (Å²) in [5.41, 5.74) is 7.18. The molecule has 0 saturated heterocycles. The fourth-order valence-corrected chi connectivity index (χ4v) is 2.35. The summed E-state index contributed by atoms with van der Waals surface area (Å²) in [6.07, 6.45) is 0.137. The lowest BCUT2D eigenvalue weighted by molar-refractivity contribution is -0.115. The highest BCUT2D eigenvalue weighted by molar-refractivity contribution is 9.10. The van der Waals surface area contributed by atoms with E-state index in [4.69, 9.17) is 18.0 Å². The van der Waals surface area contributed by atoms with Crippen molar-refractivity contribution in [1.29, 1.82) is 0 Å². The van der Waals surface area contributed by atoms with Gasteiger partial charge < -0.3 is 11.1 Å². The average Bonchev–Trinajstić information content (AvgIpc) is 2.43. The predicted octanol–water partition coefficient (Wildman–Crippen LogP) is 3.40. The summed E-state index contributed by atoms with van der Waals surface area (Å²) in [4.78, 5) is 12.3. The van der Waals surface area contributed by atoms with Gasteiger partial charge in [-0.25, -0.2) is 4.39 Å². The van der Waals surface area contributed by atoms with Gasteiger partial charge in [-0.15, -0.1) is 0 Å². The predicted molar refractivity (Wildman–Crippen MR) is 88.8 cm³/mol. The lowest BCUT2D eigenvalue weighted by atomic mass is 10.1. The number of benzene rings is 2. The van der Waals surface area contributed by atoms with Gasteiger partial charge in [0.25, 0.3) is 0 Å². The normalized spacial score (nSPS) is 10.2. The molecule has 3 nitrogen and oxygen atoms in total. The van der Waals surface area contributed by atoms with Crippen LogP contribution in [0.15, 0.2) is 46.9 Å². The summed E-state index contributed by atoms with van der Waals surface area (Å²) < 4.78 is 14.1. The monoisotopic (exact) mass is 366 g/mol. The van der Waals surface area contributed by atoms with E-state index in [2.05, 4.69) is 21.2 Å². The number of amides is 1. The summed E-state index contributed by atoms with van der Waals surface area (Å²) in [7, 11) is 0. The Labute approximate surface area is 135 Å². The first-order valence-corrected chi connectivity index (χ1v) is 7.30. The van der Waals surface area contributed by atoms with Crippen LogP contribution in [0, 0.1) is 5.82 Å². The van der Waals surface area contributed by atoms with Crippen LogP contribution in [-0.4, -0.2) is 10.9 Å². The van der Waals surface area contributed by atoms with Crippen molar-refractivity contribution in [2.24, 2.45) is 5.73 Å². The van der Waals surface area contributed by atoms with E-state index >= 15 is 0 Å². The van der Waals surface area contributed by atoms with Crippen LogP contribution in [0.25, 0.3) is 0 Å². The van der Waals surface area contributed by atoms with Crippen LogP contribution in [-0.2, 0) is 11.2 Å². The Balaban J connectivity index is 2.06. The Kier molecular flexibility index (Phi) is 5.03. The van der Waals surface area contributed by atoms with Crippen molar-refractivity contribution in [1.82, 2.24) is 0 Å². The minimum absolute atomic E-state index is 0.137. The number of para-hydroxylation sites is 1. The maximum Gasteiger partial charge on any atom is 0.228 e. The quantitative estimate of drug-likeness (QED) is 0.815. The van der Waals surface area contributed by atoms with E-state index in [0.717, 1.165) is 11.1 Å². The van der Waals surface area contributed by atoms with Gasteiger partial charge in [-0.3, -0.25) is 4.79 Å². The van der Waals surface area contributed by atoms with E-state index in [1.165, 1.54) is 6.07 Å². The third-order valence-corrected chi connectivity index (χ3v) is 3.73. The molecule has 0 aliphatic heterocycles. The van der Waals surface area contributed by atoms with E-state index in [-0.39, 0.29) is 18.0 Å². The number of carbonyl (C=O) groups excluding carboxylic acids is 1. The van der Waals surface area contributed by atoms with Crippen LogP contribution in [0.3, 0.4) is 0 Å². The van der Waals surface area contributed by atoms with E-state index < -0.39 is 5.82 Å². The van der Waals surface area contributed by atoms with Crippen molar-refractivity contribution >= 4 is 44.7 Å². The molecule has 0 aromatic heterocycles. The van der Waals surface area contributed by atoms with Crippen molar-refractivity contribution in [3.05, 3.63) is 63.9 Å². The topological polar surface area (TPSA) is 55.1 Å². The Bertz CT molecular complexity index is 668. The van der Waals surface area contributed by atoms with E-state index in [1.54, 1.807) is 36.4 Å². The number of thiocarbonyl (C=S) groups is 1. The molecule has 2 rings (SSSR count). The molecule has 0 saturated carbocycles. The first kappa shape index (κ1) is 15.6. The molecular formula is C15H12BrFN2OS. The molecule has 2 aromatic rings. The summed E-state index contributed by atoms with van der Waals surface area (Å²) >= 11 is 8.06. The number of nitrogens with two attached hydrogens (primary N) is 1. The number of hydrogen-bond acceptors (Lipinski definition) is 2. The molecule has 0 spiro atoms. The fourth-order valence-electron chi connectivity index (χ4n) is 1.77. The van der Waals surface area contributed by atoms with Gasteiger partial charge in [0, 0.05) is 10.0 Å². The molecule has 21 heavy (non-hydrogen) atoms. The third kappa shape index (κ3) is 4.09. The highest BCUT2D eigenvalue weighted by Gasteiger charge is 2.11. The SMILES string of the molecule is NC(=S)c1ccc(CC(=O)Nc2c(F)cccc2Br)cc1. The Morgan fingerprint density at radius 3 is 2.48 bits per heavy atom. The van der Waals surface area contributed by atoms with Crippen LogP contribution >= 0.6 is 28.1 Å². The molecule has 108 valence electrons. The lowest BCUT2D eigenvalue weighted by Gasteiger charge is -2.08. The van der Waals surface area contributed by atoms with Crippen molar-refractivity contribution in [3.8, 4) is 0 Å². The van der Waals surface area contributed by atoms with Gasteiger partial charge in [0.05, 0.1) is 12.1 Å².